The molecule has 8 heteroatoms. The lowest BCUT2D eigenvalue weighted by molar-refractivity contribution is 0.0951. The van der Waals surface area contributed by atoms with E-state index in [1.807, 2.05) is 37.3 Å². The van der Waals surface area contributed by atoms with Crippen molar-refractivity contribution in [2.45, 2.75) is 17.7 Å². The van der Waals surface area contributed by atoms with Gasteiger partial charge in [0.05, 0.1) is 10.6 Å². The zero-order valence-corrected chi connectivity index (χ0v) is 17.7. The van der Waals surface area contributed by atoms with Gasteiger partial charge in [-0.3, -0.25) is 9.52 Å². The number of hydrogen-bond acceptors (Lipinski definition) is 5. The Kier molecular flexibility index (Phi) is 5.81. The molecule has 1 aliphatic heterocycles. The van der Waals surface area contributed by atoms with Gasteiger partial charge in [0, 0.05) is 18.2 Å². The van der Waals surface area contributed by atoms with E-state index >= 15 is 0 Å². The van der Waals surface area contributed by atoms with E-state index in [4.69, 9.17) is 9.47 Å². The monoisotopic (exact) mass is 438 g/mol. The number of rotatable bonds is 7. The number of anilines is 1. The van der Waals surface area contributed by atoms with Crippen molar-refractivity contribution >= 4 is 21.6 Å². The standard InChI is InChI=1S/C23H22N2O5S/c1-16(17-6-3-2-4-7-17)14-24-23(26)18-8-5-9-20(12-18)31(27,28)25-19-10-11-21-22(13-19)30-15-29-21/h2-13,16,25H,14-15H2,1H3,(H,24,26)/t16-/m1/s1. The Morgan fingerprint density at radius 2 is 1.74 bits per heavy atom. The van der Waals surface area contributed by atoms with Gasteiger partial charge in [0.1, 0.15) is 0 Å². The van der Waals surface area contributed by atoms with Gasteiger partial charge in [-0.25, -0.2) is 8.42 Å². The normalized spacial score (nSPS) is 13.5. The van der Waals surface area contributed by atoms with Crippen molar-refractivity contribution in [3.8, 4) is 11.5 Å². The fourth-order valence-electron chi connectivity index (χ4n) is 3.23. The molecule has 1 aliphatic rings. The van der Waals surface area contributed by atoms with E-state index in [0.717, 1.165) is 5.56 Å². The van der Waals surface area contributed by atoms with Crippen molar-refractivity contribution in [1.29, 1.82) is 0 Å². The Balaban J connectivity index is 1.45. The predicted molar refractivity (Wildman–Crippen MR) is 117 cm³/mol. The van der Waals surface area contributed by atoms with E-state index in [1.54, 1.807) is 30.3 Å². The lowest BCUT2D eigenvalue weighted by atomic mass is 10.0. The summed E-state index contributed by atoms with van der Waals surface area (Å²) < 4.78 is 38.6. The first-order chi connectivity index (χ1) is 14.9. The van der Waals surface area contributed by atoms with Gasteiger partial charge in [-0.2, -0.15) is 0 Å². The summed E-state index contributed by atoms with van der Waals surface area (Å²) >= 11 is 0. The highest BCUT2D eigenvalue weighted by Crippen LogP contribution is 2.34. The number of ether oxygens (including phenoxy) is 2. The molecule has 0 fully saturated rings. The highest BCUT2D eigenvalue weighted by atomic mass is 32.2. The molecule has 0 saturated carbocycles. The van der Waals surface area contributed by atoms with Crippen LogP contribution in [0, 0.1) is 0 Å². The maximum absolute atomic E-state index is 12.8. The SMILES string of the molecule is C[C@H](CNC(=O)c1cccc(S(=O)(=O)Nc2ccc3c(c2)OCO3)c1)c1ccccc1. The molecule has 1 amide bonds. The minimum atomic E-state index is -3.89. The van der Waals surface area contributed by atoms with Gasteiger partial charge in [0.2, 0.25) is 6.79 Å². The number of carbonyl (C=O) groups excluding carboxylic acids is 1. The van der Waals surface area contributed by atoms with Gasteiger partial charge >= 0.3 is 0 Å². The van der Waals surface area contributed by atoms with Crippen LogP contribution in [0.2, 0.25) is 0 Å². The lowest BCUT2D eigenvalue weighted by Gasteiger charge is -2.14. The predicted octanol–water partition coefficient (Wildman–Crippen LogP) is 3.75. The Morgan fingerprint density at radius 1 is 0.968 bits per heavy atom. The van der Waals surface area contributed by atoms with Crippen LogP contribution < -0.4 is 19.5 Å². The van der Waals surface area contributed by atoms with Crippen molar-refractivity contribution < 1.29 is 22.7 Å². The van der Waals surface area contributed by atoms with E-state index in [0.29, 0.717) is 23.7 Å². The van der Waals surface area contributed by atoms with Crippen molar-refractivity contribution in [3.05, 3.63) is 83.9 Å². The molecule has 0 radical (unpaired) electrons. The van der Waals surface area contributed by atoms with Crippen LogP contribution in [0.25, 0.3) is 0 Å². The number of benzene rings is 3. The van der Waals surface area contributed by atoms with Crippen LogP contribution in [-0.4, -0.2) is 27.7 Å². The quantitative estimate of drug-likeness (QED) is 0.586. The van der Waals surface area contributed by atoms with Gasteiger partial charge in [-0.05, 0) is 41.8 Å². The summed E-state index contributed by atoms with van der Waals surface area (Å²) in [6, 6.07) is 20.6. The number of carbonyl (C=O) groups is 1. The Labute approximate surface area is 181 Å². The first-order valence-corrected chi connectivity index (χ1v) is 11.3. The average molecular weight is 439 g/mol. The molecule has 0 aliphatic carbocycles. The van der Waals surface area contributed by atoms with E-state index in [2.05, 4.69) is 10.0 Å². The van der Waals surface area contributed by atoms with E-state index < -0.39 is 10.0 Å². The van der Waals surface area contributed by atoms with Crippen LogP contribution in [0.4, 0.5) is 5.69 Å². The van der Waals surface area contributed by atoms with Crippen molar-refractivity contribution in [1.82, 2.24) is 5.32 Å². The second-order valence-electron chi connectivity index (χ2n) is 7.22. The molecular formula is C23H22N2O5S. The van der Waals surface area contributed by atoms with Gasteiger partial charge in [-0.15, -0.1) is 0 Å². The van der Waals surface area contributed by atoms with Crippen molar-refractivity contribution in [2.75, 3.05) is 18.1 Å². The zero-order valence-electron chi connectivity index (χ0n) is 16.9. The van der Waals surface area contributed by atoms with E-state index in [1.165, 1.54) is 12.1 Å². The maximum Gasteiger partial charge on any atom is 0.261 e. The van der Waals surface area contributed by atoms with E-state index in [-0.39, 0.29) is 29.1 Å². The number of nitrogens with one attached hydrogen (secondary N) is 2. The summed E-state index contributed by atoms with van der Waals surface area (Å²) in [5.74, 6) is 0.833. The highest BCUT2D eigenvalue weighted by Gasteiger charge is 2.19. The summed E-state index contributed by atoms with van der Waals surface area (Å²) in [6.07, 6.45) is 0. The summed E-state index contributed by atoms with van der Waals surface area (Å²) in [7, 11) is -3.89. The fraction of sp³-hybridized carbons (Fsp3) is 0.174. The molecule has 3 aromatic rings. The van der Waals surface area contributed by atoms with Crippen LogP contribution in [0.5, 0.6) is 11.5 Å². The first-order valence-electron chi connectivity index (χ1n) is 9.78. The van der Waals surface area contributed by atoms with Crippen LogP contribution >= 0.6 is 0 Å². The van der Waals surface area contributed by atoms with Gasteiger partial charge in [0.15, 0.2) is 11.5 Å². The first kappa shape index (κ1) is 20.7. The summed E-state index contributed by atoms with van der Waals surface area (Å²) in [4.78, 5) is 12.6. The molecule has 160 valence electrons. The molecule has 0 spiro atoms. The topological polar surface area (TPSA) is 93.7 Å². The fourth-order valence-corrected chi connectivity index (χ4v) is 4.32. The van der Waals surface area contributed by atoms with Crippen LogP contribution in [0.1, 0.15) is 28.8 Å². The minimum absolute atomic E-state index is 0.00563. The Morgan fingerprint density at radius 3 is 2.55 bits per heavy atom. The van der Waals surface area contributed by atoms with Crippen molar-refractivity contribution in [3.63, 3.8) is 0 Å². The third-order valence-corrected chi connectivity index (χ3v) is 6.35. The molecular weight excluding hydrogens is 416 g/mol. The number of amides is 1. The Hall–Kier alpha value is -3.52. The van der Waals surface area contributed by atoms with Crippen LogP contribution in [-0.2, 0) is 10.0 Å². The second-order valence-corrected chi connectivity index (χ2v) is 8.91. The molecule has 2 N–H and O–H groups in total. The third-order valence-electron chi connectivity index (χ3n) is 4.97. The molecule has 0 unspecified atom stereocenters. The summed E-state index contributed by atoms with van der Waals surface area (Å²) in [5, 5.41) is 2.87. The second kappa shape index (κ2) is 8.69. The zero-order chi connectivity index (χ0) is 21.8. The Bertz CT molecular complexity index is 1200. The summed E-state index contributed by atoms with van der Waals surface area (Å²) in [6.45, 7) is 2.56. The molecule has 31 heavy (non-hydrogen) atoms. The smallest absolute Gasteiger partial charge is 0.261 e. The van der Waals surface area contributed by atoms with Gasteiger partial charge in [-0.1, -0.05) is 43.3 Å². The van der Waals surface area contributed by atoms with Gasteiger partial charge < -0.3 is 14.8 Å². The third kappa shape index (κ3) is 4.80. The number of sulfonamides is 1. The number of fused-ring (bicyclic) bond motifs is 1. The van der Waals surface area contributed by atoms with Crippen LogP contribution in [0.3, 0.4) is 0 Å². The van der Waals surface area contributed by atoms with E-state index in [9.17, 15) is 13.2 Å². The molecule has 1 atom stereocenters. The molecule has 1 heterocycles. The maximum atomic E-state index is 12.8. The molecule has 0 aromatic heterocycles. The largest absolute Gasteiger partial charge is 0.454 e. The summed E-state index contributed by atoms with van der Waals surface area (Å²) in [5.41, 5.74) is 1.73. The molecule has 4 rings (SSSR count). The average Bonchev–Trinajstić information content (AvgIpc) is 3.25. The highest BCUT2D eigenvalue weighted by molar-refractivity contribution is 7.92. The minimum Gasteiger partial charge on any atom is -0.454 e. The molecule has 0 bridgehead atoms. The molecule has 7 nitrogen and oxygen atoms in total. The van der Waals surface area contributed by atoms with Crippen LogP contribution in [0.15, 0.2) is 77.7 Å². The lowest BCUT2D eigenvalue weighted by Crippen LogP contribution is -2.27. The number of hydrogen-bond donors (Lipinski definition) is 2. The molecule has 0 saturated heterocycles. The van der Waals surface area contributed by atoms with Crippen molar-refractivity contribution in [2.24, 2.45) is 0 Å². The van der Waals surface area contributed by atoms with Gasteiger partial charge in [0.25, 0.3) is 15.9 Å². The molecule has 3 aromatic carbocycles.